The lowest BCUT2D eigenvalue weighted by atomic mass is 9.96. The first-order chi connectivity index (χ1) is 10.7. The summed E-state index contributed by atoms with van der Waals surface area (Å²) < 4.78 is 5.95. The highest BCUT2D eigenvalue weighted by molar-refractivity contribution is 5.55. The minimum Gasteiger partial charge on any atom is -0.490 e. The Morgan fingerprint density at radius 2 is 2.09 bits per heavy atom. The highest BCUT2D eigenvalue weighted by Crippen LogP contribution is 2.28. The van der Waals surface area contributed by atoms with Gasteiger partial charge in [-0.15, -0.1) is 0 Å². The van der Waals surface area contributed by atoms with Crippen LogP contribution in [0, 0.1) is 10.1 Å². The quantitative estimate of drug-likeness (QED) is 0.652. The maximum atomic E-state index is 11.0. The van der Waals surface area contributed by atoms with E-state index in [1.165, 1.54) is 18.7 Å². The smallest absolute Gasteiger partial charge is 0.311 e. The number of pyridine rings is 1. The van der Waals surface area contributed by atoms with Crippen molar-refractivity contribution in [1.82, 2.24) is 4.98 Å². The van der Waals surface area contributed by atoms with Crippen molar-refractivity contribution < 1.29 is 9.66 Å². The van der Waals surface area contributed by atoms with Crippen LogP contribution in [-0.2, 0) is 6.54 Å². The zero-order valence-electron chi connectivity index (χ0n) is 12.1. The fraction of sp³-hybridized carbons (Fsp3) is 0.312. The second kappa shape index (κ2) is 6.43. The number of para-hydroxylation sites is 1. The number of hydrogen-bond donors (Lipinski definition) is 1. The Kier molecular flexibility index (Phi) is 4.18. The third-order valence-electron chi connectivity index (χ3n) is 3.75. The van der Waals surface area contributed by atoms with Crippen molar-refractivity contribution in [3.63, 3.8) is 0 Å². The number of nitro groups is 1. The number of nitrogens with one attached hydrogen (secondary N) is 1. The van der Waals surface area contributed by atoms with Gasteiger partial charge in [0.1, 0.15) is 5.75 Å². The van der Waals surface area contributed by atoms with Gasteiger partial charge in [0.05, 0.1) is 11.0 Å². The lowest BCUT2D eigenvalue weighted by Crippen LogP contribution is -2.25. The van der Waals surface area contributed by atoms with Gasteiger partial charge >= 0.3 is 5.69 Å². The minimum absolute atomic E-state index is 0.0279. The molecule has 0 aliphatic heterocycles. The van der Waals surface area contributed by atoms with Gasteiger partial charge in [0.25, 0.3) is 0 Å². The molecule has 0 unspecified atom stereocenters. The van der Waals surface area contributed by atoms with Crippen molar-refractivity contribution in [2.24, 2.45) is 0 Å². The summed E-state index contributed by atoms with van der Waals surface area (Å²) in [5.74, 6) is 1.10. The van der Waals surface area contributed by atoms with Crippen molar-refractivity contribution in [1.29, 1.82) is 0 Å². The van der Waals surface area contributed by atoms with Crippen LogP contribution < -0.4 is 10.1 Å². The minimum atomic E-state index is -0.438. The molecule has 0 atom stereocenters. The molecule has 1 aromatic heterocycles. The highest BCUT2D eigenvalue weighted by Gasteiger charge is 2.20. The molecule has 114 valence electrons. The van der Waals surface area contributed by atoms with E-state index in [2.05, 4.69) is 10.3 Å². The third kappa shape index (κ3) is 3.16. The molecular formula is C16H17N3O3. The normalized spacial score (nSPS) is 14.2. The summed E-state index contributed by atoms with van der Waals surface area (Å²) >= 11 is 0. The van der Waals surface area contributed by atoms with E-state index in [-0.39, 0.29) is 11.5 Å². The molecule has 2 aromatic rings. The molecule has 0 spiro atoms. The second-order valence-electron chi connectivity index (χ2n) is 5.26. The number of anilines is 1. The van der Waals surface area contributed by atoms with Crippen LogP contribution in [0.1, 0.15) is 24.8 Å². The van der Waals surface area contributed by atoms with E-state index in [1.54, 1.807) is 6.07 Å². The predicted molar refractivity (Wildman–Crippen MR) is 82.9 cm³/mol. The summed E-state index contributed by atoms with van der Waals surface area (Å²) in [6, 6.07) is 10.7. The van der Waals surface area contributed by atoms with Crippen LogP contribution in [0.2, 0.25) is 0 Å². The molecule has 1 aliphatic rings. The number of nitrogens with zero attached hydrogens (tertiary/aromatic N) is 2. The Morgan fingerprint density at radius 3 is 2.82 bits per heavy atom. The van der Waals surface area contributed by atoms with Gasteiger partial charge in [-0.25, -0.2) is 4.98 Å². The molecule has 1 fully saturated rings. The zero-order valence-corrected chi connectivity index (χ0v) is 12.1. The number of benzene rings is 1. The van der Waals surface area contributed by atoms with Crippen molar-refractivity contribution >= 4 is 11.5 Å². The Labute approximate surface area is 128 Å². The molecule has 1 aliphatic carbocycles. The maximum Gasteiger partial charge on any atom is 0.311 e. The molecule has 22 heavy (non-hydrogen) atoms. The molecule has 0 radical (unpaired) electrons. The Morgan fingerprint density at radius 1 is 1.27 bits per heavy atom. The van der Waals surface area contributed by atoms with E-state index in [4.69, 9.17) is 4.74 Å². The Balaban J connectivity index is 1.72. The number of ether oxygens (including phenoxy) is 1. The topological polar surface area (TPSA) is 77.3 Å². The molecule has 1 aromatic carbocycles. The largest absolute Gasteiger partial charge is 0.490 e. The van der Waals surface area contributed by atoms with Crippen LogP contribution >= 0.6 is 0 Å². The lowest BCUT2D eigenvalue weighted by Gasteiger charge is -2.27. The average molecular weight is 299 g/mol. The van der Waals surface area contributed by atoms with Crippen LogP contribution in [0.5, 0.6) is 5.75 Å². The maximum absolute atomic E-state index is 11.0. The Bertz CT molecular complexity index is 671. The third-order valence-corrected chi connectivity index (χ3v) is 3.75. The van der Waals surface area contributed by atoms with Gasteiger partial charge in [0, 0.05) is 24.4 Å². The molecule has 1 saturated carbocycles. The SMILES string of the molecule is O=[N+]([O-])c1cccnc1NCc1ccccc1OC1CCC1. The second-order valence-corrected chi connectivity index (χ2v) is 5.26. The summed E-state index contributed by atoms with van der Waals surface area (Å²) in [5.41, 5.74) is 0.939. The van der Waals surface area contributed by atoms with Crippen LogP contribution in [0.4, 0.5) is 11.5 Å². The Hall–Kier alpha value is -2.63. The molecule has 1 N–H and O–H groups in total. The van der Waals surface area contributed by atoms with Crippen LogP contribution in [0.15, 0.2) is 42.6 Å². The molecule has 6 heteroatoms. The fourth-order valence-electron chi connectivity index (χ4n) is 2.29. The van der Waals surface area contributed by atoms with Crippen molar-refractivity contribution in [2.45, 2.75) is 31.9 Å². The lowest BCUT2D eigenvalue weighted by molar-refractivity contribution is -0.384. The molecule has 0 bridgehead atoms. The molecule has 6 nitrogen and oxygen atoms in total. The zero-order chi connectivity index (χ0) is 15.4. The van der Waals surface area contributed by atoms with Crippen LogP contribution in [0.3, 0.4) is 0 Å². The average Bonchev–Trinajstić information content (AvgIpc) is 2.50. The number of hydrogen-bond acceptors (Lipinski definition) is 5. The van der Waals surface area contributed by atoms with E-state index >= 15 is 0 Å². The molecule has 0 saturated heterocycles. The summed E-state index contributed by atoms with van der Waals surface area (Å²) in [6.45, 7) is 0.431. The highest BCUT2D eigenvalue weighted by atomic mass is 16.6. The van der Waals surface area contributed by atoms with Gasteiger partial charge in [-0.05, 0) is 31.4 Å². The van der Waals surface area contributed by atoms with E-state index in [9.17, 15) is 10.1 Å². The summed E-state index contributed by atoms with van der Waals surface area (Å²) in [6.07, 6.45) is 5.23. The van der Waals surface area contributed by atoms with E-state index < -0.39 is 4.92 Å². The standard InChI is InChI=1S/C16H17N3O3/c20-19(21)14-8-4-10-17-16(14)18-11-12-5-1-2-9-15(12)22-13-6-3-7-13/h1-2,4-5,8-10,13H,3,6-7,11H2,(H,17,18). The van der Waals surface area contributed by atoms with E-state index in [0.29, 0.717) is 12.6 Å². The summed E-state index contributed by atoms with van der Waals surface area (Å²) in [4.78, 5) is 14.6. The van der Waals surface area contributed by atoms with E-state index in [0.717, 1.165) is 24.2 Å². The summed E-state index contributed by atoms with van der Waals surface area (Å²) in [7, 11) is 0. The number of aromatic nitrogens is 1. The van der Waals surface area contributed by atoms with Gasteiger partial charge in [-0.2, -0.15) is 0 Å². The number of rotatable bonds is 6. The van der Waals surface area contributed by atoms with Crippen molar-refractivity contribution in [3.8, 4) is 5.75 Å². The molecule has 1 heterocycles. The van der Waals surface area contributed by atoms with Gasteiger partial charge in [0.2, 0.25) is 5.82 Å². The molecular weight excluding hydrogens is 282 g/mol. The van der Waals surface area contributed by atoms with Gasteiger partial charge in [0.15, 0.2) is 0 Å². The summed E-state index contributed by atoms with van der Waals surface area (Å²) in [5, 5.41) is 14.0. The van der Waals surface area contributed by atoms with Crippen LogP contribution in [0.25, 0.3) is 0 Å². The first kappa shape index (κ1) is 14.3. The monoisotopic (exact) mass is 299 g/mol. The first-order valence-electron chi connectivity index (χ1n) is 7.32. The first-order valence-corrected chi connectivity index (χ1v) is 7.32. The van der Waals surface area contributed by atoms with Gasteiger partial charge in [-0.3, -0.25) is 10.1 Å². The van der Waals surface area contributed by atoms with Crippen molar-refractivity contribution in [3.05, 3.63) is 58.3 Å². The van der Waals surface area contributed by atoms with Crippen molar-refractivity contribution in [2.75, 3.05) is 5.32 Å². The predicted octanol–water partition coefficient (Wildman–Crippen LogP) is 3.53. The molecule has 0 amide bonds. The fourth-order valence-corrected chi connectivity index (χ4v) is 2.29. The van der Waals surface area contributed by atoms with Crippen LogP contribution in [-0.4, -0.2) is 16.0 Å². The van der Waals surface area contributed by atoms with Gasteiger partial charge < -0.3 is 10.1 Å². The van der Waals surface area contributed by atoms with Gasteiger partial charge in [-0.1, -0.05) is 18.2 Å². The molecule has 3 rings (SSSR count). The van der Waals surface area contributed by atoms with E-state index in [1.807, 2.05) is 24.3 Å².